The van der Waals surface area contributed by atoms with Gasteiger partial charge in [0.1, 0.15) is 0 Å². The molecule has 0 aliphatic rings. The zero-order chi connectivity index (χ0) is 9.94. The standard InChI is InChI=1S/C11H23NO/c1-3-5-6-7-9-11(8-4-2)10-12-13/h11H,3-10H2,1-2H3. The highest BCUT2D eigenvalue weighted by Gasteiger charge is 2.06. The first-order valence-electron chi connectivity index (χ1n) is 5.64. The topological polar surface area (TPSA) is 29.4 Å². The molecule has 0 aliphatic heterocycles. The van der Waals surface area contributed by atoms with Crippen LogP contribution in [0, 0.1) is 10.8 Å². The lowest BCUT2D eigenvalue weighted by Gasteiger charge is -2.11. The Kier molecular flexibility index (Phi) is 9.39. The van der Waals surface area contributed by atoms with E-state index in [0.29, 0.717) is 12.5 Å². The SMILES string of the molecule is CCCCCCC(CCC)CN=O. The molecule has 78 valence electrons. The van der Waals surface area contributed by atoms with Crippen molar-refractivity contribution in [3.63, 3.8) is 0 Å². The molecule has 0 heterocycles. The van der Waals surface area contributed by atoms with Crippen LogP contribution in [0.5, 0.6) is 0 Å². The summed E-state index contributed by atoms with van der Waals surface area (Å²) in [6.07, 6.45) is 8.73. The van der Waals surface area contributed by atoms with Gasteiger partial charge in [-0.05, 0) is 18.8 Å². The molecule has 0 aliphatic carbocycles. The largest absolute Gasteiger partial charge is 0.151 e. The van der Waals surface area contributed by atoms with Gasteiger partial charge < -0.3 is 0 Å². The summed E-state index contributed by atoms with van der Waals surface area (Å²) in [6.45, 7) is 4.92. The maximum Gasteiger partial charge on any atom is 0.0839 e. The van der Waals surface area contributed by atoms with Crippen molar-refractivity contribution in [2.45, 2.75) is 58.8 Å². The van der Waals surface area contributed by atoms with E-state index in [-0.39, 0.29) is 0 Å². The first kappa shape index (κ1) is 12.6. The molecule has 0 spiro atoms. The Labute approximate surface area is 82.1 Å². The van der Waals surface area contributed by atoms with Crippen LogP contribution in [0.25, 0.3) is 0 Å². The van der Waals surface area contributed by atoms with Crippen LogP contribution in [0.15, 0.2) is 5.18 Å². The average Bonchev–Trinajstić information content (AvgIpc) is 2.13. The molecule has 0 aromatic rings. The van der Waals surface area contributed by atoms with Crippen LogP contribution in [0.2, 0.25) is 0 Å². The first-order chi connectivity index (χ1) is 6.35. The van der Waals surface area contributed by atoms with Crippen molar-refractivity contribution in [1.29, 1.82) is 0 Å². The van der Waals surface area contributed by atoms with Gasteiger partial charge in [-0.25, -0.2) is 0 Å². The Bertz CT molecular complexity index is 115. The van der Waals surface area contributed by atoms with Crippen molar-refractivity contribution in [1.82, 2.24) is 0 Å². The van der Waals surface area contributed by atoms with Gasteiger partial charge in [-0.1, -0.05) is 51.1 Å². The number of unbranched alkanes of at least 4 members (excludes halogenated alkanes) is 3. The lowest BCUT2D eigenvalue weighted by Crippen LogP contribution is -2.03. The molecule has 0 saturated carbocycles. The molecule has 0 aromatic carbocycles. The lowest BCUT2D eigenvalue weighted by molar-refractivity contribution is 0.430. The highest BCUT2D eigenvalue weighted by molar-refractivity contribution is 4.61. The second-order valence-electron chi connectivity index (χ2n) is 3.82. The van der Waals surface area contributed by atoms with E-state index in [1.54, 1.807) is 0 Å². The fourth-order valence-electron chi connectivity index (χ4n) is 1.70. The van der Waals surface area contributed by atoms with Crippen LogP contribution in [0.1, 0.15) is 58.8 Å². The summed E-state index contributed by atoms with van der Waals surface area (Å²) in [5.41, 5.74) is 0. The summed E-state index contributed by atoms with van der Waals surface area (Å²) >= 11 is 0. The third-order valence-electron chi connectivity index (χ3n) is 2.50. The van der Waals surface area contributed by atoms with Gasteiger partial charge in [-0.15, -0.1) is 0 Å². The Morgan fingerprint density at radius 1 is 1.00 bits per heavy atom. The highest BCUT2D eigenvalue weighted by Crippen LogP contribution is 2.16. The number of nitrogens with zero attached hydrogens (tertiary/aromatic N) is 1. The van der Waals surface area contributed by atoms with Gasteiger partial charge in [0.15, 0.2) is 0 Å². The van der Waals surface area contributed by atoms with E-state index >= 15 is 0 Å². The fourth-order valence-corrected chi connectivity index (χ4v) is 1.70. The minimum Gasteiger partial charge on any atom is -0.151 e. The monoisotopic (exact) mass is 185 g/mol. The minimum atomic E-state index is 0.528. The summed E-state index contributed by atoms with van der Waals surface area (Å²) in [4.78, 5) is 10.1. The molecule has 1 unspecified atom stereocenters. The second kappa shape index (κ2) is 9.69. The molecular weight excluding hydrogens is 162 g/mol. The quantitative estimate of drug-likeness (QED) is 0.392. The molecule has 0 fully saturated rings. The van der Waals surface area contributed by atoms with Gasteiger partial charge in [-0.2, -0.15) is 4.91 Å². The zero-order valence-electron chi connectivity index (χ0n) is 9.09. The fraction of sp³-hybridized carbons (Fsp3) is 1.00. The maximum absolute atomic E-state index is 10.1. The van der Waals surface area contributed by atoms with Crippen molar-refractivity contribution in [2.24, 2.45) is 11.1 Å². The smallest absolute Gasteiger partial charge is 0.0839 e. The summed E-state index contributed by atoms with van der Waals surface area (Å²) < 4.78 is 0. The van der Waals surface area contributed by atoms with E-state index in [2.05, 4.69) is 19.0 Å². The van der Waals surface area contributed by atoms with Crippen molar-refractivity contribution in [3.05, 3.63) is 4.91 Å². The first-order valence-corrected chi connectivity index (χ1v) is 5.64. The van der Waals surface area contributed by atoms with Crippen LogP contribution in [0.3, 0.4) is 0 Å². The summed E-state index contributed by atoms with van der Waals surface area (Å²) in [5.74, 6) is 0.555. The highest BCUT2D eigenvalue weighted by atomic mass is 16.3. The van der Waals surface area contributed by atoms with Gasteiger partial charge in [0, 0.05) is 0 Å². The van der Waals surface area contributed by atoms with Crippen LogP contribution < -0.4 is 0 Å². The predicted molar refractivity (Wildman–Crippen MR) is 57.8 cm³/mol. The molecule has 0 N–H and O–H groups in total. The molecule has 0 rings (SSSR count). The van der Waals surface area contributed by atoms with Gasteiger partial charge in [0.05, 0.1) is 6.54 Å². The number of hydrogen-bond donors (Lipinski definition) is 0. The summed E-state index contributed by atoms with van der Waals surface area (Å²) in [7, 11) is 0. The number of rotatable bonds is 9. The molecule has 2 heteroatoms. The zero-order valence-corrected chi connectivity index (χ0v) is 9.09. The third kappa shape index (κ3) is 7.94. The van der Waals surface area contributed by atoms with Crippen LogP contribution in [-0.4, -0.2) is 6.54 Å². The Morgan fingerprint density at radius 2 is 1.77 bits per heavy atom. The summed E-state index contributed by atoms with van der Waals surface area (Å²) in [6, 6.07) is 0. The number of hydrogen-bond acceptors (Lipinski definition) is 2. The van der Waals surface area contributed by atoms with Crippen molar-refractivity contribution >= 4 is 0 Å². The van der Waals surface area contributed by atoms with Crippen LogP contribution >= 0.6 is 0 Å². The van der Waals surface area contributed by atoms with E-state index in [4.69, 9.17) is 0 Å². The van der Waals surface area contributed by atoms with E-state index in [0.717, 1.165) is 6.42 Å². The third-order valence-corrected chi connectivity index (χ3v) is 2.50. The second-order valence-corrected chi connectivity index (χ2v) is 3.82. The minimum absolute atomic E-state index is 0.528. The Balaban J connectivity index is 3.38. The van der Waals surface area contributed by atoms with Crippen LogP contribution in [-0.2, 0) is 0 Å². The molecule has 0 amide bonds. The van der Waals surface area contributed by atoms with Crippen molar-refractivity contribution in [2.75, 3.05) is 6.54 Å². The Morgan fingerprint density at radius 3 is 2.31 bits per heavy atom. The molecule has 0 radical (unpaired) electrons. The van der Waals surface area contributed by atoms with E-state index in [1.807, 2.05) is 0 Å². The van der Waals surface area contributed by atoms with Crippen molar-refractivity contribution < 1.29 is 0 Å². The average molecular weight is 185 g/mol. The molecule has 0 aromatic heterocycles. The molecule has 1 atom stereocenters. The number of nitroso groups, excluding NO2 is 1. The lowest BCUT2D eigenvalue weighted by atomic mass is 9.96. The molecular formula is C11H23NO. The van der Waals surface area contributed by atoms with Crippen molar-refractivity contribution in [3.8, 4) is 0 Å². The predicted octanol–water partition coefficient (Wildman–Crippen LogP) is 4.14. The molecule has 13 heavy (non-hydrogen) atoms. The van der Waals surface area contributed by atoms with Gasteiger partial charge >= 0.3 is 0 Å². The van der Waals surface area contributed by atoms with Crippen LogP contribution in [0.4, 0.5) is 0 Å². The molecule has 0 saturated heterocycles. The van der Waals surface area contributed by atoms with Gasteiger partial charge in [0.25, 0.3) is 0 Å². The van der Waals surface area contributed by atoms with Gasteiger partial charge in [0.2, 0.25) is 0 Å². The van der Waals surface area contributed by atoms with E-state index < -0.39 is 0 Å². The van der Waals surface area contributed by atoms with E-state index in [1.165, 1.54) is 38.5 Å². The van der Waals surface area contributed by atoms with E-state index in [9.17, 15) is 4.91 Å². The molecule has 2 nitrogen and oxygen atoms in total. The normalized spacial score (nSPS) is 12.8. The molecule has 0 bridgehead atoms. The maximum atomic E-state index is 10.1. The Hall–Kier alpha value is -0.400. The van der Waals surface area contributed by atoms with Gasteiger partial charge in [-0.3, -0.25) is 0 Å². The summed E-state index contributed by atoms with van der Waals surface area (Å²) in [5, 5.41) is 3.00.